The van der Waals surface area contributed by atoms with Gasteiger partial charge in [-0.25, -0.2) is 0 Å². The molecule has 0 spiro atoms. The van der Waals surface area contributed by atoms with Crippen molar-refractivity contribution in [3.05, 3.63) is 34.9 Å². The third-order valence-electron chi connectivity index (χ3n) is 3.73. The largest absolute Gasteiger partial charge is 0.366 e. The molecule has 1 atom stereocenters. The first-order chi connectivity index (χ1) is 9.20. The number of morpholine rings is 1. The first kappa shape index (κ1) is 12.9. The molecule has 1 saturated heterocycles. The Bertz CT molecular complexity index is 465. The maximum absolute atomic E-state index is 12.2. The predicted octanol–water partition coefficient (Wildman–Crippen LogP) is 1.43. The molecule has 19 heavy (non-hydrogen) atoms. The lowest BCUT2D eigenvalue weighted by molar-refractivity contribution is -0.135. The Balaban J connectivity index is 1.68. The number of hydrogen-bond donors (Lipinski definition) is 2. The van der Waals surface area contributed by atoms with Gasteiger partial charge < -0.3 is 15.4 Å². The fourth-order valence-electron chi connectivity index (χ4n) is 2.43. The van der Waals surface area contributed by atoms with Crippen molar-refractivity contribution < 1.29 is 9.53 Å². The number of halogens is 1. The minimum Gasteiger partial charge on any atom is -0.366 e. The van der Waals surface area contributed by atoms with E-state index in [-0.39, 0.29) is 17.6 Å². The molecule has 0 bridgehead atoms. The van der Waals surface area contributed by atoms with Crippen LogP contribution in [0.4, 0.5) is 0 Å². The van der Waals surface area contributed by atoms with Gasteiger partial charge in [-0.3, -0.25) is 4.79 Å². The van der Waals surface area contributed by atoms with Crippen molar-refractivity contribution in [2.75, 3.05) is 19.7 Å². The topological polar surface area (TPSA) is 50.4 Å². The fraction of sp³-hybridized carbons (Fsp3) is 0.500. The highest BCUT2D eigenvalue weighted by molar-refractivity contribution is 6.30. The van der Waals surface area contributed by atoms with Crippen LogP contribution >= 0.6 is 11.6 Å². The molecular formula is C14H17ClN2O2. The van der Waals surface area contributed by atoms with E-state index in [1.165, 1.54) is 0 Å². The minimum atomic E-state index is -0.376. The van der Waals surface area contributed by atoms with Gasteiger partial charge in [0.2, 0.25) is 0 Å². The van der Waals surface area contributed by atoms with Gasteiger partial charge in [0.15, 0.2) is 0 Å². The molecule has 0 unspecified atom stereocenters. The monoisotopic (exact) mass is 280 g/mol. The van der Waals surface area contributed by atoms with E-state index in [0.29, 0.717) is 18.2 Å². The van der Waals surface area contributed by atoms with Crippen LogP contribution in [0, 0.1) is 0 Å². The molecule has 1 aromatic carbocycles. The molecule has 1 aliphatic heterocycles. The summed E-state index contributed by atoms with van der Waals surface area (Å²) in [5, 5.41) is 7.01. The van der Waals surface area contributed by atoms with Crippen LogP contribution in [0.3, 0.4) is 0 Å². The summed E-state index contributed by atoms with van der Waals surface area (Å²) in [7, 11) is 0. The predicted molar refractivity (Wildman–Crippen MR) is 73.1 cm³/mol. The van der Waals surface area contributed by atoms with Crippen molar-refractivity contribution in [3.63, 3.8) is 0 Å². The van der Waals surface area contributed by atoms with E-state index in [0.717, 1.165) is 24.9 Å². The highest BCUT2D eigenvalue weighted by atomic mass is 35.5. The van der Waals surface area contributed by atoms with Crippen LogP contribution in [-0.2, 0) is 15.1 Å². The summed E-state index contributed by atoms with van der Waals surface area (Å²) < 4.78 is 5.47. The maximum Gasteiger partial charge on any atom is 0.251 e. The van der Waals surface area contributed by atoms with Crippen molar-refractivity contribution >= 4 is 17.5 Å². The molecule has 5 heteroatoms. The van der Waals surface area contributed by atoms with Crippen LogP contribution in [0.25, 0.3) is 0 Å². The van der Waals surface area contributed by atoms with Crippen molar-refractivity contribution in [1.29, 1.82) is 0 Å². The maximum atomic E-state index is 12.2. The van der Waals surface area contributed by atoms with E-state index in [1.54, 1.807) is 0 Å². The summed E-state index contributed by atoms with van der Waals surface area (Å²) in [4.78, 5) is 12.2. The average molecular weight is 281 g/mol. The number of ether oxygens (including phenoxy) is 1. The van der Waals surface area contributed by atoms with Crippen molar-refractivity contribution in [2.24, 2.45) is 0 Å². The van der Waals surface area contributed by atoms with E-state index in [1.807, 2.05) is 24.3 Å². The second-order valence-corrected chi connectivity index (χ2v) is 5.58. The standard InChI is InChI=1S/C14H17ClN2O2/c15-11-3-1-10(2-4-11)14(5-6-14)17-13(18)12-9-16-7-8-19-12/h1-4,12,16H,5-9H2,(H,17,18)/t12-/m0/s1. The van der Waals surface area contributed by atoms with Gasteiger partial charge in [-0.1, -0.05) is 23.7 Å². The van der Waals surface area contributed by atoms with Gasteiger partial charge in [0.05, 0.1) is 12.1 Å². The first-order valence-electron chi connectivity index (χ1n) is 6.60. The Kier molecular flexibility index (Phi) is 3.48. The van der Waals surface area contributed by atoms with Crippen LogP contribution in [0.2, 0.25) is 5.02 Å². The normalized spacial score (nSPS) is 24.8. The number of carbonyl (C=O) groups excluding carboxylic acids is 1. The van der Waals surface area contributed by atoms with Crippen molar-refractivity contribution in [2.45, 2.75) is 24.5 Å². The SMILES string of the molecule is O=C(NC1(c2ccc(Cl)cc2)CC1)[C@@H]1CNCCO1. The van der Waals surface area contributed by atoms with Gasteiger partial charge >= 0.3 is 0 Å². The zero-order valence-electron chi connectivity index (χ0n) is 10.6. The van der Waals surface area contributed by atoms with Crippen LogP contribution in [0.1, 0.15) is 18.4 Å². The Labute approximate surface area is 117 Å². The molecule has 2 fully saturated rings. The van der Waals surface area contributed by atoms with E-state index >= 15 is 0 Å². The zero-order chi connectivity index (χ0) is 13.3. The molecule has 1 amide bonds. The molecule has 2 aliphatic rings. The summed E-state index contributed by atoms with van der Waals surface area (Å²) in [6.45, 7) is 1.99. The van der Waals surface area contributed by atoms with E-state index in [9.17, 15) is 4.79 Å². The van der Waals surface area contributed by atoms with Crippen LogP contribution in [-0.4, -0.2) is 31.7 Å². The second-order valence-electron chi connectivity index (χ2n) is 5.14. The van der Waals surface area contributed by atoms with E-state index in [2.05, 4.69) is 10.6 Å². The van der Waals surface area contributed by atoms with Gasteiger partial charge in [-0.2, -0.15) is 0 Å². The molecule has 1 heterocycles. The van der Waals surface area contributed by atoms with Crippen LogP contribution < -0.4 is 10.6 Å². The van der Waals surface area contributed by atoms with Gasteiger partial charge in [0.1, 0.15) is 6.10 Å². The molecular weight excluding hydrogens is 264 g/mol. The van der Waals surface area contributed by atoms with E-state index in [4.69, 9.17) is 16.3 Å². The van der Waals surface area contributed by atoms with Gasteiger partial charge in [-0.15, -0.1) is 0 Å². The van der Waals surface area contributed by atoms with Gasteiger partial charge in [0, 0.05) is 18.1 Å². The zero-order valence-corrected chi connectivity index (χ0v) is 11.4. The highest BCUT2D eigenvalue weighted by Crippen LogP contribution is 2.45. The van der Waals surface area contributed by atoms with E-state index < -0.39 is 0 Å². The Morgan fingerprint density at radius 1 is 1.37 bits per heavy atom. The number of nitrogens with one attached hydrogen (secondary N) is 2. The summed E-state index contributed by atoms with van der Waals surface area (Å²) in [5.74, 6) is -0.0281. The Hall–Kier alpha value is -1.10. The van der Waals surface area contributed by atoms with Gasteiger partial charge in [0.25, 0.3) is 5.91 Å². The average Bonchev–Trinajstić information content (AvgIpc) is 3.21. The Morgan fingerprint density at radius 3 is 2.68 bits per heavy atom. The molecule has 1 saturated carbocycles. The van der Waals surface area contributed by atoms with Crippen molar-refractivity contribution in [1.82, 2.24) is 10.6 Å². The number of benzene rings is 1. The lowest BCUT2D eigenvalue weighted by Gasteiger charge is -2.26. The second kappa shape index (κ2) is 5.12. The molecule has 1 aromatic rings. The molecule has 2 N–H and O–H groups in total. The molecule has 0 radical (unpaired) electrons. The first-order valence-corrected chi connectivity index (χ1v) is 6.98. The summed E-state index contributed by atoms with van der Waals surface area (Å²) in [6.07, 6.45) is 1.57. The lowest BCUT2D eigenvalue weighted by atomic mass is 10.0. The summed E-state index contributed by atoms with van der Waals surface area (Å²) in [5.41, 5.74) is 0.914. The molecule has 4 nitrogen and oxygen atoms in total. The molecule has 0 aromatic heterocycles. The van der Waals surface area contributed by atoms with Crippen LogP contribution in [0.15, 0.2) is 24.3 Å². The van der Waals surface area contributed by atoms with Crippen LogP contribution in [0.5, 0.6) is 0 Å². The number of hydrogen-bond acceptors (Lipinski definition) is 3. The lowest BCUT2D eigenvalue weighted by Crippen LogP contribution is -2.50. The third-order valence-corrected chi connectivity index (χ3v) is 3.98. The minimum absolute atomic E-state index is 0.0281. The number of amides is 1. The quantitative estimate of drug-likeness (QED) is 0.881. The van der Waals surface area contributed by atoms with Crippen molar-refractivity contribution in [3.8, 4) is 0 Å². The molecule has 3 rings (SSSR count). The summed E-state index contributed by atoms with van der Waals surface area (Å²) in [6, 6.07) is 7.69. The summed E-state index contributed by atoms with van der Waals surface area (Å²) >= 11 is 5.89. The molecule has 102 valence electrons. The number of carbonyl (C=O) groups is 1. The number of rotatable bonds is 3. The Morgan fingerprint density at radius 2 is 2.11 bits per heavy atom. The highest BCUT2D eigenvalue weighted by Gasteiger charge is 2.46. The third kappa shape index (κ3) is 2.76. The van der Waals surface area contributed by atoms with Gasteiger partial charge in [-0.05, 0) is 30.5 Å². The fourth-order valence-corrected chi connectivity index (χ4v) is 2.56. The smallest absolute Gasteiger partial charge is 0.251 e. The molecule has 1 aliphatic carbocycles.